The van der Waals surface area contributed by atoms with Crippen LogP contribution in [0.2, 0.25) is 0 Å². The third-order valence-electron chi connectivity index (χ3n) is 4.00. The Morgan fingerprint density at radius 1 is 0.692 bits per heavy atom. The summed E-state index contributed by atoms with van der Waals surface area (Å²) in [7, 11) is 0. The number of esters is 2. The topological polar surface area (TPSA) is 134 Å². The third kappa shape index (κ3) is 9.09. The van der Waals surface area contributed by atoms with Gasteiger partial charge in [-0.2, -0.15) is 0 Å². The summed E-state index contributed by atoms with van der Waals surface area (Å²) >= 11 is 6.34. The fraction of sp³-hybridized carbons (Fsp3) is 0.875. The SMILES string of the molecule is O=C(CCCCC(=O)OCC(CO)(CO)CBr)OCC(CO)(CO)CBr. The first-order chi connectivity index (χ1) is 12.4. The van der Waals surface area contributed by atoms with Gasteiger partial charge in [0.25, 0.3) is 0 Å². The third-order valence-corrected chi connectivity index (χ3v) is 6.38. The van der Waals surface area contributed by atoms with Crippen molar-refractivity contribution >= 4 is 43.8 Å². The summed E-state index contributed by atoms with van der Waals surface area (Å²) in [6.07, 6.45) is 1.08. The lowest BCUT2D eigenvalue weighted by Crippen LogP contribution is -2.37. The molecule has 0 saturated heterocycles. The number of aliphatic hydroxyl groups excluding tert-OH is 4. The fourth-order valence-electron chi connectivity index (χ4n) is 1.68. The second kappa shape index (κ2) is 13.8. The standard InChI is InChI=1S/C16H28Br2O8/c17-5-15(7-19,8-20)11-25-13(23)3-1-2-4-14(24)26-12-16(6-18,9-21)10-22/h19-22H,1-12H2. The number of alkyl halides is 2. The van der Waals surface area contributed by atoms with Crippen LogP contribution >= 0.6 is 31.9 Å². The number of carbonyl (C=O) groups is 2. The molecular formula is C16H28Br2O8. The number of hydrogen-bond acceptors (Lipinski definition) is 8. The van der Waals surface area contributed by atoms with Crippen LogP contribution in [0.25, 0.3) is 0 Å². The lowest BCUT2D eigenvalue weighted by molar-refractivity contribution is -0.151. The van der Waals surface area contributed by atoms with E-state index >= 15 is 0 Å². The van der Waals surface area contributed by atoms with Crippen molar-refractivity contribution in [3.63, 3.8) is 0 Å². The van der Waals surface area contributed by atoms with Crippen LogP contribution in [0.5, 0.6) is 0 Å². The number of unbranched alkanes of at least 4 members (excludes halogenated alkanes) is 1. The van der Waals surface area contributed by atoms with Crippen molar-refractivity contribution in [1.82, 2.24) is 0 Å². The zero-order valence-electron chi connectivity index (χ0n) is 14.7. The second-order valence-corrected chi connectivity index (χ2v) is 7.55. The van der Waals surface area contributed by atoms with Gasteiger partial charge in [0.05, 0.1) is 37.3 Å². The molecule has 0 unspecified atom stereocenters. The van der Waals surface area contributed by atoms with Gasteiger partial charge in [0, 0.05) is 23.5 Å². The number of aliphatic hydroxyl groups is 4. The highest BCUT2D eigenvalue weighted by molar-refractivity contribution is 9.09. The van der Waals surface area contributed by atoms with Gasteiger partial charge in [0.15, 0.2) is 0 Å². The van der Waals surface area contributed by atoms with Gasteiger partial charge in [0.1, 0.15) is 13.2 Å². The van der Waals surface area contributed by atoms with E-state index in [1.165, 1.54) is 0 Å². The van der Waals surface area contributed by atoms with Crippen LogP contribution in [0.4, 0.5) is 0 Å². The predicted octanol–water partition coefficient (Wildman–Crippen LogP) is 0.365. The first-order valence-corrected chi connectivity index (χ1v) is 10.5. The highest BCUT2D eigenvalue weighted by Crippen LogP contribution is 2.21. The van der Waals surface area contributed by atoms with Gasteiger partial charge in [-0.05, 0) is 12.8 Å². The molecule has 0 spiro atoms. The van der Waals surface area contributed by atoms with Crippen LogP contribution in [0, 0.1) is 10.8 Å². The molecule has 0 fully saturated rings. The molecule has 0 amide bonds. The molecule has 0 aliphatic heterocycles. The van der Waals surface area contributed by atoms with Crippen LogP contribution in [-0.4, -0.2) is 82.7 Å². The molecule has 8 nitrogen and oxygen atoms in total. The Morgan fingerprint density at radius 2 is 1.00 bits per heavy atom. The highest BCUT2D eigenvalue weighted by atomic mass is 79.9. The lowest BCUT2D eigenvalue weighted by atomic mass is 9.94. The van der Waals surface area contributed by atoms with Gasteiger partial charge in [-0.1, -0.05) is 31.9 Å². The molecule has 154 valence electrons. The minimum atomic E-state index is -0.902. The van der Waals surface area contributed by atoms with E-state index in [4.69, 9.17) is 9.47 Å². The van der Waals surface area contributed by atoms with E-state index in [0.717, 1.165) is 0 Å². The zero-order valence-corrected chi connectivity index (χ0v) is 17.8. The van der Waals surface area contributed by atoms with E-state index in [9.17, 15) is 30.0 Å². The Balaban J connectivity index is 4.01. The van der Waals surface area contributed by atoms with Crippen molar-refractivity contribution < 1.29 is 39.5 Å². The van der Waals surface area contributed by atoms with Gasteiger partial charge in [-0.25, -0.2) is 0 Å². The van der Waals surface area contributed by atoms with Gasteiger partial charge in [0.2, 0.25) is 0 Å². The summed E-state index contributed by atoms with van der Waals surface area (Å²) in [5, 5.41) is 37.6. The van der Waals surface area contributed by atoms with E-state index in [-0.39, 0.29) is 52.5 Å². The summed E-state index contributed by atoms with van der Waals surface area (Å²) in [6.45, 7) is -1.44. The van der Waals surface area contributed by atoms with E-state index < -0.39 is 22.8 Å². The maximum Gasteiger partial charge on any atom is 0.305 e. The summed E-state index contributed by atoms with van der Waals surface area (Å²) in [6, 6.07) is 0. The first-order valence-electron chi connectivity index (χ1n) is 8.23. The number of hydrogen-bond donors (Lipinski definition) is 4. The van der Waals surface area contributed by atoms with Crippen LogP contribution in [0.15, 0.2) is 0 Å². The van der Waals surface area contributed by atoms with Crippen LogP contribution in [-0.2, 0) is 19.1 Å². The van der Waals surface area contributed by atoms with Gasteiger partial charge >= 0.3 is 11.9 Å². The smallest absolute Gasteiger partial charge is 0.305 e. The van der Waals surface area contributed by atoms with Crippen LogP contribution in [0.3, 0.4) is 0 Å². The van der Waals surface area contributed by atoms with Gasteiger partial charge in [-0.3, -0.25) is 9.59 Å². The summed E-state index contributed by atoms with van der Waals surface area (Å²) in [5.41, 5.74) is -1.80. The minimum Gasteiger partial charge on any atom is -0.465 e. The molecule has 0 aliphatic rings. The number of rotatable bonds is 15. The molecule has 0 radical (unpaired) electrons. The van der Waals surface area contributed by atoms with Crippen molar-refractivity contribution in [1.29, 1.82) is 0 Å². The van der Waals surface area contributed by atoms with Crippen LogP contribution < -0.4 is 0 Å². The molecule has 26 heavy (non-hydrogen) atoms. The number of halogens is 2. The molecule has 0 aliphatic carbocycles. The molecule has 0 aromatic heterocycles. The largest absolute Gasteiger partial charge is 0.465 e. The Hall–Kier alpha value is -0.260. The normalized spacial score (nSPS) is 12.1. The van der Waals surface area contributed by atoms with E-state index in [2.05, 4.69) is 31.9 Å². The van der Waals surface area contributed by atoms with E-state index in [1.807, 2.05) is 0 Å². The van der Waals surface area contributed by atoms with Crippen molar-refractivity contribution in [2.24, 2.45) is 10.8 Å². The molecule has 0 aromatic rings. The van der Waals surface area contributed by atoms with Crippen molar-refractivity contribution in [3.8, 4) is 0 Å². The number of carbonyl (C=O) groups excluding carboxylic acids is 2. The van der Waals surface area contributed by atoms with Crippen molar-refractivity contribution in [3.05, 3.63) is 0 Å². The maximum atomic E-state index is 11.7. The fourth-order valence-corrected chi connectivity index (χ4v) is 2.71. The zero-order chi connectivity index (χ0) is 20.1. The highest BCUT2D eigenvalue weighted by Gasteiger charge is 2.30. The monoisotopic (exact) mass is 506 g/mol. The van der Waals surface area contributed by atoms with E-state index in [1.54, 1.807) is 0 Å². The second-order valence-electron chi connectivity index (χ2n) is 6.43. The molecule has 0 aromatic carbocycles. The lowest BCUT2D eigenvalue weighted by Gasteiger charge is -2.26. The molecule has 4 N–H and O–H groups in total. The molecule has 0 saturated carbocycles. The number of ether oxygens (including phenoxy) is 2. The summed E-state index contributed by atoms with van der Waals surface area (Å²) < 4.78 is 10.1. The Bertz CT molecular complexity index is 357. The van der Waals surface area contributed by atoms with Crippen LogP contribution in [0.1, 0.15) is 25.7 Å². The van der Waals surface area contributed by atoms with Gasteiger partial charge in [-0.15, -0.1) is 0 Å². The maximum absolute atomic E-state index is 11.7. The molecule has 0 rings (SSSR count). The van der Waals surface area contributed by atoms with Crippen molar-refractivity contribution in [2.45, 2.75) is 25.7 Å². The van der Waals surface area contributed by atoms with Gasteiger partial charge < -0.3 is 29.9 Å². The Labute approximate surface area is 170 Å². The van der Waals surface area contributed by atoms with E-state index in [0.29, 0.717) is 23.5 Å². The molecule has 0 bridgehead atoms. The average Bonchev–Trinajstić information content (AvgIpc) is 2.68. The summed E-state index contributed by atoms with van der Waals surface area (Å²) in [5.74, 6) is -0.936. The quantitative estimate of drug-likeness (QED) is 0.142. The average molecular weight is 508 g/mol. The molecule has 10 heteroatoms. The predicted molar refractivity (Wildman–Crippen MR) is 101 cm³/mol. The first kappa shape index (κ1) is 25.7. The Morgan fingerprint density at radius 3 is 1.23 bits per heavy atom. The minimum absolute atomic E-state index is 0.0942. The summed E-state index contributed by atoms with van der Waals surface area (Å²) in [4.78, 5) is 23.4. The molecule has 0 heterocycles. The van der Waals surface area contributed by atoms with Crippen molar-refractivity contribution in [2.75, 3.05) is 50.3 Å². The Kier molecular flexibility index (Phi) is 13.7. The molecule has 0 atom stereocenters. The molecular weight excluding hydrogens is 480 g/mol.